The summed E-state index contributed by atoms with van der Waals surface area (Å²) in [5.41, 5.74) is 0. The number of rotatable bonds is 19. The van der Waals surface area contributed by atoms with Crippen LogP contribution < -0.4 is 0 Å². The van der Waals surface area contributed by atoms with Crippen LogP contribution in [0.2, 0.25) is 0 Å². The van der Waals surface area contributed by atoms with Gasteiger partial charge in [-0.2, -0.15) is 0 Å². The van der Waals surface area contributed by atoms with Gasteiger partial charge in [0, 0.05) is 34.0 Å². The van der Waals surface area contributed by atoms with Crippen molar-refractivity contribution in [1.82, 2.24) is 0 Å². The smallest absolute Gasteiger partial charge is 0.245 e. The van der Waals surface area contributed by atoms with E-state index in [0.717, 1.165) is 12.8 Å². The lowest BCUT2D eigenvalue weighted by atomic mass is 9.91. The Kier molecular flexibility index (Phi) is 14.4. The predicted octanol–water partition coefficient (Wildman–Crippen LogP) is 1.12. The van der Waals surface area contributed by atoms with E-state index < -0.39 is 64.0 Å². The van der Waals surface area contributed by atoms with Gasteiger partial charge >= 0.3 is 0 Å². The molecular formula is C18H33N3O10. The monoisotopic (exact) mass is 451 g/mol. The number of unbranched alkanes of at least 4 members (excludes halogenated alkanes) is 4. The maximum absolute atomic E-state index is 11.4. The molecule has 31 heavy (non-hydrogen) atoms. The fourth-order valence-electron chi connectivity index (χ4n) is 3.39. The zero-order valence-electron chi connectivity index (χ0n) is 17.7. The number of carbonyl (C=O) groups excluding carboxylic acids is 1. The van der Waals surface area contributed by atoms with Gasteiger partial charge in [0.2, 0.25) is 18.1 Å². The number of aldehydes is 1. The molecule has 180 valence electrons. The van der Waals surface area contributed by atoms with Crippen molar-refractivity contribution >= 4 is 6.29 Å². The quantitative estimate of drug-likeness (QED) is 0.110. The molecule has 0 aliphatic rings. The molecule has 0 fully saturated rings. The molecule has 0 spiro atoms. The summed E-state index contributed by atoms with van der Waals surface area (Å²) in [7, 11) is 0. The van der Waals surface area contributed by atoms with Crippen molar-refractivity contribution in [3.63, 3.8) is 0 Å². The minimum absolute atomic E-state index is 0.0762. The van der Waals surface area contributed by atoms with Crippen LogP contribution >= 0.6 is 0 Å². The molecule has 0 aliphatic carbocycles. The van der Waals surface area contributed by atoms with Crippen LogP contribution in [0.4, 0.5) is 0 Å². The summed E-state index contributed by atoms with van der Waals surface area (Å²) in [5, 5.41) is 64.4. The molecule has 0 aromatic rings. The third-order valence-electron chi connectivity index (χ3n) is 5.29. The second-order valence-electron chi connectivity index (χ2n) is 7.68. The zero-order chi connectivity index (χ0) is 24.0. The lowest BCUT2D eigenvalue weighted by Crippen LogP contribution is -2.46. The molecule has 0 heterocycles. The number of hydrogen-bond acceptors (Lipinski definition) is 10. The van der Waals surface area contributed by atoms with Gasteiger partial charge in [0.15, 0.2) is 0 Å². The fraction of sp³-hybridized carbons (Fsp3) is 0.944. The summed E-state index contributed by atoms with van der Waals surface area (Å²) in [4.78, 5) is 41.7. The van der Waals surface area contributed by atoms with E-state index in [0.29, 0.717) is 19.1 Å². The van der Waals surface area contributed by atoms with Gasteiger partial charge in [0.05, 0.1) is 6.42 Å². The highest BCUT2D eigenvalue weighted by molar-refractivity contribution is 5.48. The summed E-state index contributed by atoms with van der Waals surface area (Å²) >= 11 is 0. The van der Waals surface area contributed by atoms with Gasteiger partial charge in [-0.25, -0.2) is 0 Å². The highest BCUT2D eigenvalue weighted by Crippen LogP contribution is 2.21. The maximum atomic E-state index is 11.4. The molecule has 0 saturated heterocycles. The Balaban J connectivity index is 5.15. The lowest BCUT2D eigenvalue weighted by molar-refractivity contribution is -0.574. The largest absolute Gasteiger partial charge is 0.386 e. The molecule has 0 aromatic carbocycles. The van der Waals surface area contributed by atoms with Gasteiger partial charge in [-0.3, -0.25) is 30.3 Å². The molecule has 0 aromatic heterocycles. The molecule has 0 amide bonds. The van der Waals surface area contributed by atoms with Crippen LogP contribution in [0.25, 0.3) is 0 Å². The Hall–Kier alpha value is -2.25. The van der Waals surface area contributed by atoms with Crippen LogP contribution in [-0.4, -0.2) is 72.8 Å². The van der Waals surface area contributed by atoms with Crippen molar-refractivity contribution in [2.45, 2.75) is 108 Å². The Morgan fingerprint density at radius 2 is 1.19 bits per heavy atom. The first-order valence-electron chi connectivity index (χ1n) is 10.4. The summed E-state index contributed by atoms with van der Waals surface area (Å²) in [5.74, 6) is 0. The second-order valence-corrected chi connectivity index (χ2v) is 7.68. The normalized spacial score (nSPS) is 17.2. The van der Waals surface area contributed by atoms with Gasteiger partial charge in [-0.1, -0.05) is 26.2 Å². The SMILES string of the molecule is CCCCCC(O)C(CC(C(O)CC(O)C(CCCCC=O)[N+](=O)[O-])[N+](=O)[O-])[N+](=O)[O-]. The molecule has 0 rings (SSSR count). The standard InChI is InChI=1S/C18H33N3O10/c1-2-3-5-9-16(23)14(20(28)29)11-15(21(30)31)18(25)12-17(24)13(19(26)27)8-6-4-7-10-22/h10,13-18,23-25H,2-9,11-12H2,1H3. The number of nitrogens with zero attached hydrogens (tertiary/aromatic N) is 3. The summed E-state index contributed by atoms with van der Waals surface area (Å²) in [6.45, 7) is 1.91. The van der Waals surface area contributed by atoms with Gasteiger partial charge in [-0.05, 0) is 19.3 Å². The Bertz CT molecular complexity index is 577. The third kappa shape index (κ3) is 11.1. The van der Waals surface area contributed by atoms with Crippen LogP contribution in [0.15, 0.2) is 0 Å². The van der Waals surface area contributed by atoms with E-state index in [2.05, 4.69) is 0 Å². The molecule has 0 radical (unpaired) electrons. The molecule has 13 heteroatoms. The molecule has 0 bridgehead atoms. The predicted molar refractivity (Wildman–Crippen MR) is 108 cm³/mol. The van der Waals surface area contributed by atoms with Crippen molar-refractivity contribution < 1.29 is 34.9 Å². The Morgan fingerprint density at radius 1 is 0.710 bits per heavy atom. The number of nitro groups is 3. The highest BCUT2D eigenvalue weighted by Gasteiger charge is 2.43. The van der Waals surface area contributed by atoms with Crippen molar-refractivity contribution in [2.24, 2.45) is 0 Å². The molecule has 0 aliphatic heterocycles. The van der Waals surface area contributed by atoms with Gasteiger partial charge in [-0.15, -0.1) is 0 Å². The van der Waals surface area contributed by atoms with Crippen LogP contribution in [0.3, 0.4) is 0 Å². The fourth-order valence-corrected chi connectivity index (χ4v) is 3.39. The molecule has 6 atom stereocenters. The van der Waals surface area contributed by atoms with Gasteiger partial charge in [0.25, 0.3) is 0 Å². The van der Waals surface area contributed by atoms with Crippen molar-refractivity contribution in [1.29, 1.82) is 0 Å². The molecule has 6 unspecified atom stereocenters. The van der Waals surface area contributed by atoms with E-state index in [9.17, 15) is 50.5 Å². The number of hydrogen-bond donors (Lipinski definition) is 3. The molecule has 13 nitrogen and oxygen atoms in total. The molecule has 3 N–H and O–H groups in total. The van der Waals surface area contributed by atoms with E-state index in [1.54, 1.807) is 0 Å². The summed E-state index contributed by atoms with van der Waals surface area (Å²) < 4.78 is 0. The van der Waals surface area contributed by atoms with Crippen molar-refractivity contribution in [2.75, 3.05) is 0 Å². The minimum Gasteiger partial charge on any atom is -0.386 e. The van der Waals surface area contributed by atoms with Crippen LogP contribution in [0.1, 0.15) is 71.1 Å². The average molecular weight is 451 g/mol. The van der Waals surface area contributed by atoms with E-state index in [-0.39, 0.29) is 25.7 Å². The second kappa shape index (κ2) is 15.5. The topological polar surface area (TPSA) is 207 Å². The number of carbonyl (C=O) groups is 1. The van der Waals surface area contributed by atoms with Crippen LogP contribution in [-0.2, 0) is 4.79 Å². The first-order chi connectivity index (χ1) is 14.6. The lowest BCUT2D eigenvalue weighted by Gasteiger charge is -2.23. The van der Waals surface area contributed by atoms with Crippen LogP contribution in [0, 0.1) is 30.3 Å². The maximum Gasteiger partial charge on any atom is 0.245 e. The zero-order valence-corrected chi connectivity index (χ0v) is 17.7. The third-order valence-corrected chi connectivity index (χ3v) is 5.29. The van der Waals surface area contributed by atoms with E-state index in [1.165, 1.54) is 0 Å². The van der Waals surface area contributed by atoms with E-state index in [1.807, 2.05) is 6.92 Å². The van der Waals surface area contributed by atoms with Crippen LogP contribution in [0.5, 0.6) is 0 Å². The number of aliphatic hydroxyl groups excluding tert-OH is 3. The van der Waals surface area contributed by atoms with Crippen molar-refractivity contribution in [3.05, 3.63) is 30.3 Å². The van der Waals surface area contributed by atoms with E-state index in [4.69, 9.17) is 0 Å². The summed E-state index contributed by atoms with van der Waals surface area (Å²) in [6, 6.07) is -5.07. The van der Waals surface area contributed by atoms with Gasteiger partial charge < -0.3 is 20.1 Å². The highest BCUT2D eigenvalue weighted by atomic mass is 16.6. The Labute approximate surface area is 179 Å². The van der Waals surface area contributed by atoms with Gasteiger partial charge in [0.1, 0.15) is 24.6 Å². The first-order valence-corrected chi connectivity index (χ1v) is 10.4. The van der Waals surface area contributed by atoms with Crippen molar-refractivity contribution in [3.8, 4) is 0 Å². The number of aliphatic hydroxyl groups is 3. The first kappa shape index (κ1) is 28.8. The molecular weight excluding hydrogens is 418 g/mol. The minimum atomic E-state index is -1.88. The van der Waals surface area contributed by atoms with E-state index >= 15 is 0 Å². The average Bonchev–Trinajstić information content (AvgIpc) is 2.67. The summed E-state index contributed by atoms with van der Waals surface area (Å²) in [6.07, 6.45) is -3.00. The Morgan fingerprint density at radius 3 is 1.68 bits per heavy atom. The molecule has 0 saturated carbocycles.